The summed E-state index contributed by atoms with van der Waals surface area (Å²) in [6.07, 6.45) is 13.7. The van der Waals surface area contributed by atoms with Gasteiger partial charge in [0.05, 0.1) is 0 Å². The Morgan fingerprint density at radius 3 is 2.42 bits per heavy atom. The second kappa shape index (κ2) is 12.5. The number of carbonyl (C=O) groups is 1. The predicted octanol–water partition coefficient (Wildman–Crippen LogP) is 8.64. The van der Waals surface area contributed by atoms with Crippen LogP contribution >= 0.6 is 11.6 Å². The Labute approximate surface area is 259 Å². The van der Waals surface area contributed by atoms with Crippen molar-refractivity contribution in [1.29, 1.82) is 0 Å². The number of hydrogen-bond donors (Lipinski definition) is 1. The van der Waals surface area contributed by atoms with E-state index < -0.39 is 0 Å². The standard InChI is InChI=1S/C37H40ClNO4/c38-33-19-25(10-14-35(40)39-43-36-8-4-5-15-41-36)9-12-31(33)30-11-13-34(42-24-26-6-2-1-3-7-26)32(20-30)37-21-27-16-28(22-37)18-29(17-27)23-37/h1-3,6-7,9-14,19-20,27-29,36H,4-5,8,15-18,21-24H2,(H,39,40)/b14-10+. The largest absolute Gasteiger partial charge is 0.489 e. The molecule has 1 amide bonds. The fourth-order valence-corrected chi connectivity index (χ4v) is 8.71. The van der Waals surface area contributed by atoms with Crippen molar-refractivity contribution in [2.24, 2.45) is 17.8 Å². The number of rotatable bonds is 9. The van der Waals surface area contributed by atoms with Crippen molar-refractivity contribution in [1.82, 2.24) is 5.48 Å². The summed E-state index contributed by atoms with van der Waals surface area (Å²) in [6.45, 7) is 1.22. The topological polar surface area (TPSA) is 56.8 Å². The van der Waals surface area contributed by atoms with Crippen LogP contribution in [0, 0.1) is 17.8 Å². The second-order valence-electron chi connectivity index (χ2n) is 13.1. The normalized spacial score (nSPS) is 27.8. The summed E-state index contributed by atoms with van der Waals surface area (Å²) >= 11 is 6.89. The van der Waals surface area contributed by atoms with Crippen molar-refractivity contribution in [3.8, 4) is 16.9 Å². The Morgan fingerprint density at radius 2 is 1.72 bits per heavy atom. The van der Waals surface area contributed by atoms with E-state index in [1.54, 1.807) is 6.08 Å². The fraction of sp³-hybridized carbons (Fsp3) is 0.432. The minimum Gasteiger partial charge on any atom is -0.489 e. The molecule has 1 N–H and O–H groups in total. The number of nitrogens with one attached hydrogen (secondary N) is 1. The predicted molar refractivity (Wildman–Crippen MR) is 169 cm³/mol. The van der Waals surface area contributed by atoms with Crippen LogP contribution in [0.25, 0.3) is 17.2 Å². The zero-order valence-corrected chi connectivity index (χ0v) is 25.4. The number of halogens is 1. The molecule has 5 nitrogen and oxygen atoms in total. The molecule has 1 unspecified atom stereocenters. The first kappa shape index (κ1) is 28.6. The third kappa shape index (κ3) is 6.40. The van der Waals surface area contributed by atoms with Gasteiger partial charge in [0.25, 0.3) is 5.91 Å². The van der Waals surface area contributed by atoms with E-state index in [0.717, 1.165) is 59.5 Å². The van der Waals surface area contributed by atoms with E-state index in [2.05, 4.69) is 54.0 Å². The summed E-state index contributed by atoms with van der Waals surface area (Å²) in [5.74, 6) is 3.19. The van der Waals surface area contributed by atoms with E-state index in [1.807, 2.05) is 18.2 Å². The summed E-state index contributed by atoms with van der Waals surface area (Å²) in [6, 6.07) is 23.0. The Morgan fingerprint density at radius 1 is 0.953 bits per heavy atom. The van der Waals surface area contributed by atoms with Crippen LogP contribution in [0.4, 0.5) is 0 Å². The van der Waals surface area contributed by atoms with Crippen molar-refractivity contribution in [3.05, 3.63) is 94.5 Å². The summed E-state index contributed by atoms with van der Waals surface area (Å²) in [5, 5.41) is 0.656. The van der Waals surface area contributed by atoms with E-state index in [1.165, 1.54) is 55.7 Å². The van der Waals surface area contributed by atoms with Gasteiger partial charge in [-0.1, -0.05) is 60.1 Å². The molecule has 224 valence electrons. The third-order valence-electron chi connectivity index (χ3n) is 9.99. The van der Waals surface area contributed by atoms with Gasteiger partial charge in [0, 0.05) is 35.3 Å². The molecule has 0 spiro atoms. The zero-order valence-electron chi connectivity index (χ0n) is 24.6. The van der Waals surface area contributed by atoms with Crippen LogP contribution in [0.1, 0.15) is 74.5 Å². The van der Waals surface area contributed by atoms with Gasteiger partial charge in [-0.15, -0.1) is 0 Å². The number of carbonyl (C=O) groups excluding carboxylic acids is 1. The van der Waals surface area contributed by atoms with Crippen LogP contribution in [-0.2, 0) is 26.4 Å². The van der Waals surface area contributed by atoms with Crippen molar-refractivity contribution in [3.63, 3.8) is 0 Å². The maximum atomic E-state index is 12.3. The smallest absolute Gasteiger partial charge is 0.267 e. The molecule has 1 saturated heterocycles. The van der Waals surface area contributed by atoms with Crippen molar-refractivity contribution < 1.29 is 19.1 Å². The molecule has 1 aliphatic heterocycles. The highest BCUT2D eigenvalue weighted by Gasteiger charge is 2.52. The summed E-state index contributed by atoms with van der Waals surface area (Å²) in [4.78, 5) is 17.7. The molecule has 5 fully saturated rings. The number of ether oxygens (including phenoxy) is 2. The number of amides is 1. The molecule has 4 bridgehead atoms. The first-order valence-electron chi connectivity index (χ1n) is 15.9. The molecule has 4 saturated carbocycles. The van der Waals surface area contributed by atoms with Crippen LogP contribution < -0.4 is 10.2 Å². The highest BCUT2D eigenvalue weighted by Crippen LogP contribution is 2.62. The van der Waals surface area contributed by atoms with Crippen molar-refractivity contribution >= 4 is 23.6 Å². The summed E-state index contributed by atoms with van der Waals surface area (Å²) in [5.41, 5.74) is 8.13. The summed E-state index contributed by atoms with van der Waals surface area (Å²) in [7, 11) is 0. The lowest BCUT2D eigenvalue weighted by atomic mass is 9.48. The zero-order chi connectivity index (χ0) is 29.2. The lowest BCUT2D eigenvalue weighted by Gasteiger charge is -2.57. The van der Waals surface area contributed by atoms with E-state index in [-0.39, 0.29) is 17.6 Å². The van der Waals surface area contributed by atoms with Crippen molar-refractivity contribution in [2.75, 3.05) is 6.61 Å². The molecule has 0 radical (unpaired) electrons. The minimum absolute atomic E-state index is 0.185. The molecule has 5 aliphatic rings. The van der Waals surface area contributed by atoms with Gasteiger partial charge in [-0.2, -0.15) is 0 Å². The summed E-state index contributed by atoms with van der Waals surface area (Å²) < 4.78 is 12.1. The monoisotopic (exact) mass is 597 g/mol. The lowest BCUT2D eigenvalue weighted by molar-refractivity contribution is -0.198. The molecule has 1 atom stereocenters. The van der Waals surface area contributed by atoms with Gasteiger partial charge in [0.15, 0.2) is 6.29 Å². The van der Waals surface area contributed by atoms with Crippen LogP contribution in [-0.4, -0.2) is 18.8 Å². The average Bonchev–Trinajstić information content (AvgIpc) is 3.02. The lowest BCUT2D eigenvalue weighted by Crippen LogP contribution is -2.48. The van der Waals surface area contributed by atoms with Gasteiger partial charge in [0.2, 0.25) is 0 Å². The van der Waals surface area contributed by atoms with Crippen molar-refractivity contribution in [2.45, 2.75) is 76.1 Å². The quantitative estimate of drug-likeness (QED) is 0.198. The minimum atomic E-state index is -0.377. The number of benzene rings is 3. The first-order chi connectivity index (χ1) is 21.0. The van der Waals surface area contributed by atoms with Crippen LogP contribution in [0.3, 0.4) is 0 Å². The second-order valence-corrected chi connectivity index (χ2v) is 13.5. The van der Waals surface area contributed by atoms with E-state index in [4.69, 9.17) is 25.9 Å². The van der Waals surface area contributed by atoms with E-state index >= 15 is 0 Å². The molecule has 43 heavy (non-hydrogen) atoms. The number of hydrogen-bond acceptors (Lipinski definition) is 4. The van der Waals surface area contributed by atoms with Gasteiger partial charge in [0.1, 0.15) is 12.4 Å². The molecular weight excluding hydrogens is 558 g/mol. The molecule has 3 aromatic rings. The van der Waals surface area contributed by atoms with Crippen LogP contribution in [0.5, 0.6) is 5.75 Å². The van der Waals surface area contributed by atoms with Gasteiger partial charge in [-0.25, -0.2) is 10.3 Å². The first-order valence-corrected chi connectivity index (χ1v) is 16.3. The molecule has 6 heteroatoms. The Hall–Kier alpha value is -3.12. The van der Waals surface area contributed by atoms with E-state index in [9.17, 15) is 4.79 Å². The Balaban J connectivity index is 1.12. The van der Waals surface area contributed by atoms with Gasteiger partial charge in [-0.3, -0.25) is 4.79 Å². The maximum Gasteiger partial charge on any atom is 0.267 e. The molecule has 4 aliphatic carbocycles. The van der Waals surface area contributed by atoms with Gasteiger partial charge in [-0.05, 0) is 116 Å². The molecule has 8 rings (SSSR count). The molecular formula is C37H40ClNO4. The SMILES string of the molecule is O=C(/C=C/c1ccc(-c2ccc(OCc3ccccc3)c(C34CC5CC(CC(C5)C3)C4)c2)c(Cl)c1)NOC1CCCCO1. The fourth-order valence-electron chi connectivity index (χ4n) is 8.42. The van der Waals surface area contributed by atoms with E-state index in [0.29, 0.717) is 18.2 Å². The highest BCUT2D eigenvalue weighted by molar-refractivity contribution is 6.33. The number of hydroxylamine groups is 1. The molecule has 3 aromatic carbocycles. The maximum absolute atomic E-state index is 12.3. The van der Waals surface area contributed by atoms with Crippen LogP contribution in [0.2, 0.25) is 5.02 Å². The average molecular weight is 598 g/mol. The molecule has 1 heterocycles. The van der Waals surface area contributed by atoms with Gasteiger partial charge < -0.3 is 9.47 Å². The third-order valence-corrected chi connectivity index (χ3v) is 10.3. The van der Waals surface area contributed by atoms with Crippen LogP contribution in [0.15, 0.2) is 72.8 Å². The molecule has 0 aromatic heterocycles. The van der Waals surface area contributed by atoms with Gasteiger partial charge >= 0.3 is 0 Å². The Bertz CT molecular complexity index is 1440. The highest BCUT2D eigenvalue weighted by atomic mass is 35.5. The Kier molecular flexibility index (Phi) is 8.31.